The van der Waals surface area contributed by atoms with Gasteiger partial charge in [0.25, 0.3) is 0 Å². The molecular formula is C22H18ClFO3. The first kappa shape index (κ1) is 19.1. The number of rotatable bonds is 2. The van der Waals surface area contributed by atoms with Crippen LogP contribution in [-0.4, -0.2) is 16.7 Å². The molecule has 0 fully saturated rings. The Morgan fingerprint density at radius 3 is 2.33 bits per heavy atom. The summed E-state index contributed by atoms with van der Waals surface area (Å²) in [5.41, 5.74) is 0.589. The fourth-order valence-corrected chi connectivity index (χ4v) is 3.35. The average molecular weight is 385 g/mol. The van der Waals surface area contributed by atoms with Gasteiger partial charge in [-0.3, -0.25) is 9.59 Å². The predicted octanol–water partition coefficient (Wildman–Crippen LogP) is 5.46. The summed E-state index contributed by atoms with van der Waals surface area (Å²) in [5, 5.41) is 10.8. The number of carbonyl (C=O) groups is 2. The number of hydrogen-bond donors (Lipinski definition) is 1. The number of halogens is 2. The molecule has 0 heterocycles. The molecule has 1 aliphatic rings. The molecule has 3 rings (SSSR count). The van der Waals surface area contributed by atoms with Crippen molar-refractivity contribution in [2.24, 2.45) is 5.41 Å². The lowest BCUT2D eigenvalue weighted by atomic mass is 9.70. The summed E-state index contributed by atoms with van der Waals surface area (Å²) in [7, 11) is 0. The van der Waals surface area contributed by atoms with Crippen LogP contribution in [0, 0.1) is 18.2 Å². The fraction of sp³-hybridized carbons (Fsp3) is 0.182. The third-order valence-corrected chi connectivity index (χ3v) is 5.14. The van der Waals surface area contributed by atoms with Crippen LogP contribution in [-0.2, 0) is 9.59 Å². The first-order valence-corrected chi connectivity index (χ1v) is 8.72. The van der Waals surface area contributed by atoms with E-state index in [0.717, 1.165) is 0 Å². The van der Waals surface area contributed by atoms with E-state index in [9.17, 15) is 19.1 Å². The van der Waals surface area contributed by atoms with Crippen LogP contribution in [0.3, 0.4) is 0 Å². The molecule has 0 atom stereocenters. The Bertz CT molecular complexity index is 1050. The zero-order valence-corrected chi connectivity index (χ0v) is 15.9. The summed E-state index contributed by atoms with van der Waals surface area (Å²) in [6.45, 7) is 8.42. The van der Waals surface area contributed by atoms with Gasteiger partial charge in [-0.05, 0) is 61.7 Å². The third kappa shape index (κ3) is 3.00. The number of aryl methyl sites for hydroxylation is 1. The van der Waals surface area contributed by atoms with Crippen LogP contribution in [0.4, 0.5) is 4.39 Å². The molecule has 0 saturated carbocycles. The van der Waals surface area contributed by atoms with E-state index in [4.69, 9.17) is 11.6 Å². The van der Waals surface area contributed by atoms with Crippen molar-refractivity contribution in [2.45, 2.75) is 20.8 Å². The molecule has 138 valence electrons. The van der Waals surface area contributed by atoms with E-state index < -0.39 is 28.6 Å². The number of carbonyl (C=O) groups excluding carboxylic acids is 2. The van der Waals surface area contributed by atoms with E-state index >= 15 is 0 Å². The highest BCUT2D eigenvalue weighted by Crippen LogP contribution is 2.41. The molecule has 0 aromatic heterocycles. The van der Waals surface area contributed by atoms with Crippen molar-refractivity contribution >= 4 is 28.7 Å². The van der Waals surface area contributed by atoms with E-state index in [2.05, 4.69) is 6.58 Å². The summed E-state index contributed by atoms with van der Waals surface area (Å²) in [6.07, 6.45) is 0. The Morgan fingerprint density at radius 2 is 1.70 bits per heavy atom. The summed E-state index contributed by atoms with van der Waals surface area (Å²) >= 11 is 5.82. The molecule has 27 heavy (non-hydrogen) atoms. The SMILES string of the molecule is C=C1C(=O)C(C)(C)C(=O)C(c2cc(-c3ccc(Cl)cc3F)ccc2C)=C1O. The largest absolute Gasteiger partial charge is 0.506 e. The zero-order chi connectivity index (χ0) is 20.1. The van der Waals surface area contributed by atoms with Gasteiger partial charge in [0.2, 0.25) is 0 Å². The summed E-state index contributed by atoms with van der Waals surface area (Å²) in [6, 6.07) is 9.42. The highest BCUT2D eigenvalue weighted by Gasteiger charge is 2.46. The van der Waals surface area contributed by atoms with Crippen molar-refractivity contribution in [3.8, 4) is 11.1 Å². The van der Waals surface area contributed by atoms with Crippen LogP contribution in [0.15, 0.2) is 54.3 Å². The van der Waals surface area contributed by atoms with Gasteiger partial charge in [0.05, 0.1) is 16.6 Å². The molecule has 5 heteroatoms. The van der Waals surface area contributed by atoms with E-state index in [-0.39, 0.29) is 16.2 Å². The molecular weight excluding hydrogens is 367 g/mol. The zero-order valence-electron chi connectivity index (χ0n) is 15.2. The normalized spacial score (nSPS) is 16.9. The maximum Gasteiger partial charge on any atom is 0.180 e. The van der Waals surface area contributed by atoms with Crippen molar-refractivity contribution in [3.63, 3.8) is 0 Å². The minimum Gasteiger partial charge on any atom is -0.506 e. The molecule has 0 radical (unpaired) electrons. The topological polar surface area (TPSA) is 54.4 Å². The maximum atomic E-state index is 14.3. The Hall–Kier alpha value is -2.72. The minimum absolute atomic E-state index is 0.0262. The van der Waals surface area contributed by atoms with Gasteiger partial charge in [0.15, 0.2) is 11.6 Å². The molecule has 0 saturated heterocycles. The van der Waals surface area contributed by atoms with Crippen LogP contribution in [0.5, 0.6) is 0 Å². The lowest BCUT2D eigenvalue weighted by molar-refractivity contribution is -0.133. The Balaban J connectivity index is 2.24. The molecule has 1 N–H and O–H groups in total. The van der Waals surface area contributed by atoms with E-state index in [1.807, 2.05) is 0 Å². The quantitative estimate of drug-likeness (QED) is 0.552. The van der Waals surface area contributed by atoms with Gasteiger partial charge in [0, 0.05) is 10.6 Å². The first-order chi connectivity index (χ1) is 12.6. The van der Waals surface area contributed by atoms with Crippen molar-refractivity contribution in [2.75, 3.05) is 0 Å². The predicted molar refractivity (Wildman–Crippen MR) is 104 cm³/mol. The monoisotopic (exact) mass is 384 g/mol. The summed E-state index contributed by atoms with van der Waals surface area (Å²) in [4.78, 5) is 25.3. The van der Waals surface area contributed by atoms with Gasteiger partial charge >= 0.3 is 0 Å². The van der Waals surface area contributed by atoms with Gasteiger partial charge in [-0.1, -0.05) is 30.3 Å². The third-order valence-electron chi connectivity index (χ3n) is 4.91. The highest BCUT2D eigenvalue weighted by atomic mass is 35.5. The van der Waals surface area contributed by atoms with Gasteiger partial charge in [0.1, 0.15) is 11.6 Å². The second kappa shape index (κ2) is 6.46. The van der Waals surface area contributed by atoms with Crippen LogP contribution < -0.4 is 0 Å². The summed E-state index contributed by atoms with van der Waals surface area (Å²) in [5.74, 6) is -1.92. The molecule has 0 amide bonds. The van der Waals surface area contributed by atoms with Gasteiger partial charge in [-0.15, -0.1) is 0 Å². The second-order valence-corrected chi connectivity index (χ2v) is 7.58. The van der Waals surface area contributed by atoms with E-state index in [1.165, 1.54) is 19.9 Å². The van der Waals surface area contributed by atoms with Crippen molar-refractivity contribution in [3.05, 3.63) is 76.3 Å². The van der Waals surface area contributed by atoms with Gasteiger partial charge < -0.3 is 5.11 Å². The van der Waals surface area contributed by atoms with Crippen LogP contribution in [0.2, 0.25) is 5.02 Å². The molecule has 0 aliphatic heterocycles. The van der Waals surface area contributed by atoms with Gasteiger partial charge in [-0.2, -0.15) is 0 Å². The number of aliphatic hydroxyl groups is 1. The number of Topliss-reactive ketones (excluding diaryl/α,β-unsaturated/α-hetero) is 2. The van der Waals surface area contributed by atoms with Crippen LogP contribution in [0.25, 0.3) is 16.7 Å². The highest BCUT2D eigenvalue weighted by molar-refractivity contribution is 6.36. The lowest BCUT2D eigenvalue weighted by Gasteiger charge is -2.30. The van der Waals surface area contributed by atoms with Crippen molar-refractivity contribution < 1.29 is 19.1 Å². The Labute approximate surface area is 161 Å². The van der Waals surface area contributed by atoms with Gasteiger partial charge in [-0.25, -0.2) is 4.39 Å². The smallest absolute Gasteiger partial charge is 0.180 e. The first-order valence-electron chi connectivity index (χ1n) is 8.34. The number of ketones is 2. The molecule has 0 bridgehead atoms. The Kier molecular flexibility index (Phi) is 4.56. The minimum atomic E-state index is -1.33. The second-order valence-electron chi connectivity index (χ2n) is 7.14. The van der Waals surface area contributed by atoms with Crippen LogP contribution in [0.1, 0.15) is 25.0 Å². The van der Waals surface area contributed by atoms with Crippen molar-refractivity contribution in [1.29, 1.82) is 0 Å². The number of hydrogen-bond acceptors (Lipinski definition) is 3. The number of allylic oxidation sites excluding steroid dienone is 2. The molecule has 0 spiro atoms. The molecule has 1 aliphatic carbocycles. The van der Waals surface area contributed by atoms with E-state index in [0.29, 0.717) is 22.3 Å². The van der Waals surface area contributed by atoms with Crippen molar-refractivity contribution in [1.82, 2.24) is 0 Å². The number of benzene rings is 2. The lowest BCUT2D eigenvalue weighted by Crippen LogP contribution is -2.39. The van der Waals surface area contributed by atoms with E-state index in [1.54, 1.807) is 37.3 Å². The fourth-order valence-electron chi connectivity index (χ4n) is 3.19. The Morgan fingerprint density at radius 1 is 1.04 bits per heavy atom. The molecule has 0 unspecified atom stereocenters. The summed E-state index contributed by atoms with van der Waals surface area (Å²) < 4.78 is 14.3. The molecule has 3 nitrogen and oxygen atoms in total. The molecule has 2 aromatic rings. The average Bonchev–Trinajstić information content (AvgIpc) is 2.61. The molecule has 2 aromatic carbocycles. The van der Waals surface area contributed by atoms with Crippen LogP contribution >= 0.6 is 11.6 Å². The maximum absolute atomic E-state index is 14.3. The number of aliphatic hydroxyl groups excluding tert-OH is 1. The standard InChI is InChI=1S/C22H18ClFO3/c1-11-5-6-13(15-8-7-14(23)10-17(15)24)9-16(11)18-19(25)12(2)20(26)22(3,4)21(18)27/h5-10,25H,2H2,1,3-4H3.